The van der Waals surface area contributed by atoms with Crippen LogP contribution in [0.5, 0.6) is 0 Å². The number of hydrogen-bond donors (Lipinski definition) is 0. The Bertz CT molecular complexity index is 328. The van der Waals surface area contributed by atoms with Gasteiger partial charge in [-0.25, -0.2) is 9.59 Å². The lowest BCUT2D eigenvalue weighted by Crippen LogP contribution is -2.53. The third-order valence-corrected chi connectivity index (χ3v) is 1.71. The highest BCUT2D eigenvalue weighted by atomic mass is 16.2. The molecule has 1 rings (SSSR count). The molecular formula is C7H6N2O4. The number of imide groups is 2. The Morgan fingerprint density at radius 2 is 1.38 bits per heavy atom. The van der Waals surface area contributed by atoms with Crippen LogP contribution in [0.25, 0.3) is 0 Å². The van der Waals surface area contributed by atoms with Crippen molar-refractivity contribution in [3.8, 4) is 0 Å². The van der Waals surface area contributed by atoms with Gasteiger partial charge in [-0.3, -0.25) is 19.4 Å². The van der Waals surface area contributed by atoms with Gasteiger partial charge in [0.15, 0.2) is 5.57 Å². The van der Waals surface area contributed by atoms with Gasteiger partial charge in [0, 0.05) is 14.1 Å². The smallest absolute Gasteiger partial charge is 0.267 e. The molecule has 13 heavy (non-hydrogen) atoms. The van der Waals surface area contributed by atoms with Crippen LogP contribution in [0.3, 0.4) is 0 Å². The topological polar surface area (TPSA) is 74.8 Å². The average Bonchev–Trinajstić information content (AvgIpc) is 2.13. The number of urea groups is 1. The van der Waals surface area contributed by atoms with E-state index in [0.717, 1.165) is 0 Å². The predicted molar refractivity (Wildman–Crippen MR) is 40.1 cm³/mol. The Balaban J connectivity index is 3.22. The first-order chi connectivity index (χ1) is 6.00. The number of barbiturate groups is 1. The van der Waals surface area contributed by atoms with Crippen LogP contribution in [0.4, 0.5) is 4.79 Å². The molecule has 0 N–H and O–H groups in total. The second kappa shape index (κ2) is 2.84. The lowest BCUT2D eigenvalue weighted by atomic mass is 10.2. The van der Waals surface area contributed by atoms with Crippen LogP contribution < -0.4 is 0 Å². The van der Waals surface area contributed by atoms with Crippen molar-refractivity contribution in [2.24, 2.45) is 0 Å². The van der Waals surface area contributed by atoms with Gasteiger partial charge in [-0.15, -0.1) is 0 Å². The average molecular weight is 182 g/mol. The van der Waals surface area contributed by atoms with Crippen LogP contribution in [0, 0.1) is 0 Å². The maximum absolute atomic E-state index is 11.1. The number of amides is 4. The van der Waals surface area contributed by atoms with E-state index in [-0.39, 0.29) is 0 Å². The largest absolute Gasteiger partial charge is 0.333 e. The molecule has 0 saturated carbocycles. The maximum Gasteiger partial charge on any atom is 0.333 e. The van der Waals surface area contributed by atoms with Gasteiger partial charge in [-0.1, -0.05) is 0 Å². The minimum Gasteiger partial charge on any atom is -0.267 e. The summed E-state index contributed by atoms with van der Waals surface area (Å²) in [5.41, 5.74) is -0.649. The standard InChI is InChI=1S/C7H6N2O4/c1-8-5(11)4(3-10)6(12)9(2)7(8)13/h1-2H3. The van der Waals surface area contributed by atoms with Crippen LogP contribution in [-0.2, 0) is 14.4 Å². The van der Waals surface area contributed by atoms with Crippen molar-refractivity contribution in [2.75, 3.05) is 14.1 Å². The van der Waals surface area contributed by atoms with Gasteiger partial charge in [-0.05, 0) is 0 Å². The summed E-state index contributed by atoms with van der Waals surface area (Å²) >= 11 is 0. The number of carbonyl (C=O) groups is 3. The third kappa shape index (κ3) is 1.13. The van der Waals surface area contributed by atoms with Crippen LogP contribution >= 0.6 is 0 Å². The van der Waals surface area contributed by atoms with E-state index >= 15 is 0 Å². The molecule has 1 aliphatic heterocycles. The highest BCUT2D eigenvalue weighted by Gasteiger charge is 2.38. The fourth-order valence-electron chi connectivity index (χ4n) is 0.913. The van der Waals surface area contributed by atoms with Gasteiger partial charge in [-0.2, -0.15) is 0 Å². The molecule has 1 saturated heterocycles. The van der Waals surface area contributed by atoms with Gasteiger partial charge in [0.25, 0.3) is 11.8 Å². The minimum absolute atomic E-state index is 0.649. The number of rotatable bonds is 0. The number of hydrogen-bond acceptors (Lipinski definition) is 4. The summed E-state index contributed by atoms with van der Waals surface area (Å²) in [5.74, 6) is -0.611. The van der Waals surface area contributed by atoms with Gasteiger partial charge in [0.05, 0.1) is 0 Å². The molecule has 0 radical (unpaired) electrons. The second-order valence-electron chi connectivity index (χ2n) is 2.49. The molecule has 0 spiro atoms. The Kier molecular flexibility index (Phi) is 2.00. The molecule has 0 aromatic heterocycles. The van der Waals surface area contributed by atoms with E-state index in [2.05, 4.69) is 0 Å². The minimum atomic E-state index is -0.914. The molecule has 1 aliphatic rings. The molecule has 1 fully saturated rings. The first-order valence-corrected chi connectivity index (χ1v) is 3.36. The van der Waals surface area contributed by atoms with E-state index in [1.165, 1.54) is 20.0 Å². The zero-order chi connectivity index (χ0) is 10.2. The summed E-state index contributed by atoms with van der Waals surface area (Å²) in [5, 5.41) is 0. The zero-order valence-corrected chi connectivity index (χ0v) is 7.03. The highest BCUT2D eigenvalue weighted by Crippen LogP contribution is 2.11. The van der Waals surface area contributed by atoms with E-state index in [1.807, 2.05) is 0 Å². The van der Waals surface area contributed by atoms with Crippen molar-refractivity contribution < 1.29 is 19.2 Å². The summed E-state index contributed by atoms with van der Waals surface area (Å²) in [4.78, 5) is 44.8. The number of likely N-dealkylation sites (N-methyl/N-ethyl adjacent to an activating group) is 2. The maximum atomic E-state index is 11.1. The van der Waals surface area contributed by atoms with Crippen molar-refractivity contribution in [2.45, 2.75) is 0 Å². The van der Waals surface area contributed by atoms with Crippen molar-refractivity contribution in [3.05, 3.63) is 5.57 Å². The van der Waals surface area contributed by atoms with E-state index < -0.39 is 23.4 Å². The van der Waals surface area contributed by atoms with E-state index in [4.69, 9.17) is 0 Å². The highest BCUT2D eigenvalue weighted by molar-refractivity contribution is 6.32. The van der Waals surface area contributed by atoms with Crippen molar-refractivity contribution in [1.82, 2.24) is 9.80 Å². The molecule has 0 bridgehead atoms. The monoisotopic (exact) mass is 182 g/mol. The summed E-state index contributed by atoms with van der Waals surface area (Å²) in [6, 6.07) is -0.756. The molecule has 1 heterocycles. The Morgan fingerprint density at radius 1 is 1.00 bits per heavy atom. The van der Waals surface area contributed by atoms with E-state index in [9.17, 15) is 19.2 Å². The Labute approximate surface area is 73.4 Å². The molecule has 4 amide bonds. The van der Waals surface area contributed by atoms with Crippen LogP contribution in [0.1, 0.15) is 0 Å². The molecular weight excluding hydrogens is 176 g/mol. The van der Waals surface area contributed by atoms with Crippen molar-refractivity contribution >= 4 is 23.8 Å². The Hall–Kier alpha value is -1.94. The molecule has 0 aliphatic carbocycles. The van der Waals surface area contributed by atoms with Gasteiger partial charge in [0.1, 0.15) is 5.94 Å². The summed E-state index contributed by atoms with van der Waals surface area (Å²) in [6.07, 6.45) is 0. The number of carbonyl (C=O) groups excluding carboxylic acids is 4. The summed E-state index contributed by atoms with van der Waals surface area (Å²) < 4.78 is 0. The van der Waals surface area contributed by atoms with Crippen molar-refractivity contribution in [1.29, 1.82) is 0 Å². The molecule has 68 valence electrons. The second-order valence-corrected chi connectivity index (χ2v) is 2.49. The fraction of sp³-hybridized carbons (Fsp3) is 0.286. The molecule has 6 nitrogen and oxygen atoms in total. The molecule has 0 aromatic rings. The van der Waals surface area contributed by atoms with Gasteiger partial charge >= 0.3 is 6.03 Å². The predicted octanol–water partition coefficient (Wildman–Crippen LogP) is -1.21. The SMILES string of the molecule is CN1C(=O)C(=C=O)C(=O)N(C)C1=O. The van der Waals surface area contributed by atoms with Crippen LogP contribution in [0.2, 0.25) is 0 Å². The van der Waals surface area contributed by atoms with Crippen LogP contribution in [-0.4, -0.2) is 47.7 Å². The quantitative estimate of drug-likeness (QED) is 0.268. The summed E-state index contributed by atoms with van der Waals surface area (Å²) in [6.45, 7) is 0. The lowest BCUT2D eigenvalue weighted by Gasteiger charge is -2.27. The molecule has 0 unspecified atom stereocenters. The normalized spacial score (nSPS) is 18.0. The molecule has 0 aromatic carbocycles. The van der Waals surface area contributed by atoms with Gasteiger partial charge < -0.3 is 0 Å². The molecule has 0 atom stereocenters. The Morgan fingerprint density at radius 3 is 1.69 bits per heavy atom. The van der Waals surface area contributed by atoms with Gasteiger partial charge in [0.2, 0.25) is 0 Å². The zero-order valence-electron chi connectivity index (χ0n) is 7.03. The summed E-state index contributed by atoms with van der Waals surface area (Å²) in [7, 11) is 2.37. The lowest BCUT2D eigenvalue weighted by molar-refractivity contribution is -0.134. The molecule has 6 heteroatoms. The number of nitrogens with zero attached hydrogens (tertiary/aromatic N) is 2. The first-order valence-electron chi connectivity index (χ1n) is 3.36. The fourth-order valence-corrected chi connectivity index (χ4v) is 0.913. The first kappa shape index (κ1) is 9.15. The van der Waals surface area contributed by atoms with E-state index in [1.54, 1.807) is 0 Å². The van der Waals surface area contributed by atoms with E-state index in [0.29, 0.717) is 9.80 Å². The van der Waals surface area contributed by atoms with Crippen LogP contribution in [0.15, 0.2) is 5.57 Å². The van der Waals surface area contributed by atoms with Crippen molar-refractivity contribution in [3.63, 3.8) is 0 Å². The third-order valence-electron chi connectivity index (χ3n) is 1.71.